The molecule has 0 radical (unpaired) electrons. The maximum Gasteiger partial charge on any atom is 0.258 e. The number of benzene rings is 1. The van der Waals surface area contributed by atoms with Gasteiger partial charge >= 0.3 is 0 Å². The Hall–Kier alpha value is -1.71. The summed E-state index contributed by atoms with van der Waals surface area (Å²) in [5.74, 6) is 2.02. The van der Waals surface area contributed by atoms with Crippen molar-refractivity contribution in [3.8, 4) is 11.5 Å². The van der Waals surface area contributed by atoms with Crippen molar-refractivity contribution in [3.63, 3.8) is 0 Å². The Kier molecular flexibility index (Phi) is 5.90. The predicted molar refractivity (Wildman–Crippen MR) is 82.7 cm³/mol. The van der Waals surface area contributed by atoms with Gasteiger partial charge in [0.15, 0.2) is 6.61 Å². The number of carbonyl (C=O) groups excluding carboxylic acids is 1. The first-order valence-electron chi connectivity index (χ1n) is 7.84. The lowest BCUT2D eigenvalue weighted by atomic mass is 9.86. The van der Waals surface area contributed by atoms with Crippen LogP contribution < -0.4 is 14.8 Å². The van der Waals surface area contributed by atoms with Crippen molar-refractivity contribution in [2.75, 3.05) is 13.2 Å². The molecule has 0 saturated heterocycles. The predicted octanol–water partition coefficient (Wildman–Crippen LogP) is 3.16. The number of ether oxygens (including phenoxy) is 2. The Morgan fingerprint density at radius 1 is 1.14 bits per heavy atom. The largest absolute Gasteiger partial charge is 0.494 e. The summed E-state index contributed by atoms with van der Waals surface area (Å²) in [5, 5.41) is 3.08. The molecule has 2 atom stereocenters. The van der Waals surface area contributed by atoms with Crippen LogP contribution in [0, 0.1) is 5.92 Å². The van der Waals surface area contributed by atoms with Gasteiger partial charge in [-0.25, -0.2) is 0 Å². The number of hydrogen-bond acceptors (Lipinski definition) is 3. The molecule has 1 aromatic carbocycles. The van der Waals surface area contributed by atoms with Gasteiger partial charge in [-0.3, -0.25) is 4.79 Å². The second kappa shape index (κ2) is 7.91. The van der Waals surface area contributed by atoms with E-state index in [1.165, 1.54) is 19.3 Å². The summed E-state index contributed by atoms with van der Waals surface area (Å²) in [7, 11) is 0. The van der Waals surface area contributed by atoms with Crippen molar-refractivity contribution in [1.29, 1.82) is 0 Å². The second-order valence-corrected chi connectivity index (χ2v) is 5.63. The van der Waals surface area contributed by atoms with E-state index >= 15 is 0 Å². The Bertz CT molecular complexity index is 444. The normalized spacial score (nSPS) is 21.6. The molecule has 4 heteroatoms. The van der Waals surface area contributed by atoms with Crippen LogP contribution in [0.5, 0.6) is 11.5 Å². The molecule has 0 aliphatic heterocycles. The van der Waals surface area contributed by atoms with Gasteiger partial charge < -0.3 is 14.8 Å². The highest BCUT2D eigenvalue weighted by Gasteiger charge is 2.22. The molecule has 0 heterocycles. The number of carbonyl (C=O) groups is 1. The van der Waals surface area contributed by atoms with Crippen molar-refractivity contribution in [1.82, 2.24) is 5.32 Å². The summed E-state index contributed by atoms with van der Waals surface area (Å²) in [6.07, 6.45) is 4.76. The SMILES string of the molecule is CCOc1ccc(OCC(=O)N[C@H]2CCCC[C@H]2C)cc1. The lowest BCUT2D eigenvalue weighted by Gasteiger charge is -2.29. The number of nitrogens with one attached hydrogen (secondary N) is 1. The van der Waals surface area contributed by atoms with Crippen molar-refractivity contribution in [3.05, 3.63) is 24.3 Å². The average molecular weight is 291 g/mol. The lowest BCUT2D eigenvalue weighted by Crippen LogP contribution is -2.43. The number of rotatable bonds is 6. The van der Waals surface area contributed by atoms with Gasteiger partial charge in [0.25, 0.3) is 5.91 Å². The van der Waals surface area contributed by atoms with Gasteiger partial charge in [-0.2, -0.15) is 0 Å². The minimum Gasteiger partial charge on any atom is -0.494 e. The van der Waals surface area contributed by atoms with Gasteiger partial charge in [-0.1, -0.05) is 19.8 Å². The van der Waals surface area contributed by atoms with Crippen LogP contribution in [-0.4, -0.2) is 25.2 Å². The van der Waals surface area contributed by atoms with Gasteiger partial charge in [0.2, 0.25) is 0 Å². The topological polar surface area (TPSA) is 47.6 Å². The fourth-order valence-corrected chi connectivity index (χ4v) is 2.73. The maximum absolute atomic E-state index is 11.9. The molecule has 1 aliphatic carbocycles. The maximum atomic E-state index is 11.9. The summed E-state index contributed by atoms with van der Waals surface area (Å²) in [6.45, 7) is 4.86. The summed E-state index contributed by atoms with van der Waals surface area (Å²) in [5.41, 5.74) is 0. The first-order chi connectivity index (χ1) is 10.2. The summed E-state index contributed by atoms with van der Waals surface area (Å²) >= 11 is 0. The minimum absolute atomic E-state index is 0.0392. The molecule has 0 unspecified atom stereocenters. The van der Waals surface area contributed by atoms with Crippen LogP contribution in [0.25, 0.3) is 0 Å². The fourth-order valence-electron chi connectivity index (χ4n) is 2.73. The first kappa shape index (κ1) is 15.7. The van der Waals surface area contributed by atoms with Gasteiger partial charge in [0, 0.05) is 6.04 Å². The van der Waals surface area contributed by atoms with Crippen molar-refractivity contribution < 1.29 is 14.3 Å². The molecule has 0 spiro atoms. The zero-order valence-corrected chi connectivity index (χ0v) is 12.9. The molecular weight excluding hydrogens is 266 g/mol. The van der Waals surface area contributed by atoms with Gasteiger partial charge in [0.05, 0.1) is 6.61 Å². The van der Waals surface area contributed by atoms with Crippen LogP contribution in [0.15, 0.2) is 24.3 Å². The molecular formula is C17H25NO3. The molecule has 0 aromatic heterocycles. The van der Waals surface area contributed by atoms with E-state index in [4.69, 9.17) is 9.47 Å². The van der Waals surface area contributed by atoms with Crippen molar-refractivity contribution in [2.45, 2.75) is 45.6 Å². The highest BCUT2D eigenvalue weighted by Crippen LogP contribution is 2.23. The molecule has 1 saturated carbocycles. The van der Waals surface area contributed by atoms with E-state index in [2.05, 4.69) is 12.2 Å². The van der Waals surface area contributed by atoms with Crippen LogP contribution in [0.4, 0.5) is 0 Å². The molecule has 1 fully saturated rings. The molecule has 1 aromatic rings. The van der Waals surface area contributed by atoms with Crippen LogP contribution >= 0.6 is 0 Å². The quantitative estimate of drug-likeness (QED) is 0.876. The molecule has 1 amide bonds. The zero-order chi connectivity index (χ0) is 15.1. The van der Waals surface area contributed by atoms with E-state index in [-0.39, 0.29) is 12.5 Å². The first-order valence-corrected chi connectivity index (χ1v) is 7.84. The standard InChI is InChI=1S/C17H25NO3/c1-3-20-14-8-10-15(11-9-14)21-12-17(19)18-16-7-5-4-6-13(16)2/h8-11,13,16H,3-7,12H2,1-2H3,(H,18,19)/t13-,16+/m1/s1. The molecule has 2 rings (SSSR count). The smallest absolute Gasteiger partial charge is 0.258 e. The Morgan fingerprint density at radius 3 is 2.38 bits per heavy atom. The lowest BCUT2D eigenvalue weighted by molar-refractivity contribution is -0.124. The molecule has 0 bridgehead atoms. The Labute approximate surface area is 126 Å². The van der Waals surface area contributed by atoms with Crippen LogP contribution in [-0.2, 0) is 4.79 Å². The van der Waals surface area contributed by atoms with Crippen LogP contribution in [0.1, 0.15) is 39.5 Å². The monoisotopic (exact) mass is 291 g/mol. The molecule has 21 heavy (non-hydrogen) atoms. The van der Waals surface area contributed by atoms with Gasteiger partial charge in [-0.15, -0.1) is 0 Å². The van der Waals surface area contributed by atoms with Crippen LogP contribution in [0.2, 0.25) is 0 Å². The third-order valence-electron chi connectivity index (χ3n) is 3.96. The Balaban J connectivity index is 1.75. The van der Waals surface area contributed by atoms with Gasteiger partial charge in [-0.05, 0) is 49.9 Å². The zero-order valence-electron chi connectivity index (χ0n) is 12.9. The molecule has 1 N–H and O–H groups in total. The van der Waals surface area contributed by atoms with E-state index in [0.29, 0.717) is 24.3 Å². The van der Waals surface area contributed by atoms with Gasteiger partial charge in [0.1, 0.15) is 11.5 Å². The van der Waals surface area contributed by atoms with E-state index in [1.54, 1.807) is 0 Å². The summed E-state index contributed by atoms with van der Waals surface area (Å²) in [4.78, 5) is 11.9. The number of amides is 1. The Morgan fingerprint density at radius 2 is 1.76 bits per heavy atom. The van der Waals surface area contributed by atoms with E-state index in [9.17, 15) is 4.79 Å². The molecule has 116 valence electrons. The number of hydrogen-bond donors (Lipinski definition) is 1. The van der Waals surface area contributed by atoms with Crippen molar-refractivity contribution >= 4 is 5.91 Å². The molecule has 1 aliphatic rings. The highest BCUT2D eigenvalue weighted by atomic mass is 16.5. The minimum atomic E-state index is -0.0392. The fraction of sp³-hybridized carbons (Fsp3) is 0.588. The second-order valence-electron chi connectivity index (χ2n) is 5.63. The van der Waals surface area contributed by atoms with Crippen LogP contribution in [0.3, 0.4) is 0 Å². The van der Waals surface area contributed by atoms with E-state index in [0.717, 1.165) is 12.2 Å². The highest BCUT2D eigenvalue weighted by molar-refractivity contribution is 5.77. The van der Waals surface area contributed by atoms with E-state index < -0.39 is 0 Å². The van der Waals surface area contributed by atoms with Crippen molar-refractivity contribution in [2.24, 2.45) is 5.92 Å². The third kappa shape index (κ3) is 4.96. The molecule has 4 nitrogen and oxygen atoms in total. The summed E-state index contributed by atoms with van der Waals surface area (Å²) < 4.78 is 10.9. The van der Waals surface area contributed by atoms with E-state index in [1.807, 2.05) is 31.2 Å². The average Bonchev–Trinajstić information content (AvgIpc) is 2.49. The third-order valence-corrected chi connectivity index (χ3v) is 3.96. The summed E-state index contributed by atoms with van der Waals surface area (Å²) in [6, 6.07) is 7.64.